The molecule has 112 valence electrons. The van der Waals surface area contributed by atoms with E-state index in [4.69, 9.17) is 8.85 Å². The molecular formula is C17H16N2O3. The molecule has 1 saturated heterocycles. The molecule has 3 rings (SSSR count). The molecule has 0 unspecified atom stereocenters. The van der Waals surface area contributed by atoms with Gasteiger partial charge in [0, 0.05) is 29.9 Å². The molecule has 5 heteroatoms. The maximum absolute atomic E-state index is 12.6. The zero-order chi connectivity index (χ0) is 18.0. The highest BCUT2D eigenvalue weighted by molar-refractivity contribution is 5.93. The molecule has 1 aromatic heterocycles. The summed E-state index contributed by atoms with van der Waals surface area (Å²) in [6, 6.07) is 10.9. The summed E-state index contributed by atoms with van der Waals surface area (Å²) in [5, 5.41) is 0. The minimum absolute atomic E-state index is 0.0709. The standard InChI is InChI=1S/C17H16N2O3/c1-19-14(13-8-5-9-18-11-13)10-15(16(19)20)22-17(21)12-6-3-2-4-7-12/h2-9,11,14-15H,10H2,1H3/t14-,15+/m0/s1/i1D3. The van der Waals surface area contributed by atoms with Gasteiger partial charge < -0.3 is 9.64 Å². The van der Waals surface area contributed by atoms with Crippen molar-refractivity contribution in [2.75, 3.05) is 6.98 Å². The molecule has 22 heavy (non-hydrogen) atoms. The summed E-state index contributed by atoms with van der Waals surface area (Å²) in [4.78, 5) is 29.5. The van der Waals surface area contributed by atoms with Gasteiger partial charge in [-0.25, -0.2) is 4.79 Å². The molecule has 0 bridgehead atoms. The molecule has 1 fully saturated rings. The van der Waals surface area contributed by atoms with Gasteiger partial charge in [0.15, 0.2) is 6.10 Å². The first kappa shape index (κ1) is 11.0. The predicted octanol–water partition coefficient (Wildman–Crippen LogP) is 2.21. The van der Waals surface area contributed by atoms with E-state index in [0.717, 1.165) is 4.90 Å². The summed E-state index contributed by atoms with van der Waals surface area (Å²) in [6.07, 6.45) is 2.00. The van der Waals surface area contributed by atoms with Gasteiger partial charge in [-0.05, 0) is 23.8 Å². The molecule has 0 N–H and O–H groups in total. The van der Waals surface area contributed by atoms with Crippen LogP contribution in [-0.4, -0.2) is 34.8 Å². The Morgan fingerprint density at radius 3 is 2.82 bits per heavy atom. The number of likely N-dealkylation sites (tertiary alicyclic amines) is 1. The van der Waals surface area contributed by atoms with Crippen molar-refractivity contribution in [3.8, 4) is 0 Å². The van der Waals surface area contributed by atoms with E-state index in [1.807, 2.05) is 0 Å². The molecule has 1 amide bonds. The van der Waals surface area contributed by atoms with Gasteiger partial charge in [-0.2, -0.15) is 0 Å². The maximum atomic E-state index is 12.6. The van der Waals surface area contributed by atoms with Crippen LogP contribution in [0.15, 0.2) is 54.9 Å². The number of hydrogen-bond acceptors (Lipinski definition) is 4. The van der Waals surface area contributed by atoms with Crippen molar-refractivity contribution in [1.82, 2.24) is 9.88 Å². The number of nitrogens with zero attached hydrogens (tertiary/aromatic N) is 2. The van der Waals surface area contributed by atoms with Crippen LogP contribution >= 0.6 is 0 Å². The molecule has 0 radical (unpaired) electrons. The third kappa shape index (κ3) is 2.70. The first-order chi connectivity index (χ1) is 11.9. The smallest absolute Gasteiger partial charge is 0.338 e. The van der Waals surface area contributed by atoms with Crippen molar-refractivity contribution in [3.05, 3.63) is 66.0 Å². The highest BCUT2D eigenvalue weighted by Gasteiger charge is 2.40. The first-order valence-electron chi connectivity index (χ1n) is 8.37. The van der Waals surface area contributed by atoms with Crippen molar-refractivity contribution < 1.29 is 18.4 Å². The van der Waals surface area contributed by atoms with E-state index in [1.54, 1.807) is 48.7 Å². The third-order valence-electron chi connectivity index (χ3n) is 3.59. The van der Waals surface area contributed by atoms with Crippen LogP contribution in [0.3, 0.4) is 0 Å². The van der Waals surface area contributed by atoms with Crippen molar-refractivity contribution in [1.29, 1.82) is 0 Å². The fraction of sp³-hybridized carbons (Fsp3) is 0.235. The monoisotopic (exact) mass is 299 g/mol. The van der Waals surface area contributed by atoms with Gasteiger partial charge in [-0.3, -0.25) is 9.78 Å². The van der Waals surface area contributed by atoms with Crippen LogP contribution in [-0.2, 0) is 9.53 Å². The molecule has 0 saturated carbocycles. The van der Waals surface area contributed by atoms with Gasteiger partial charge in [0.25, 0.3) is 5.91 Å². The molecule has 0 aliphatic carbocycles. The van der Waals surface area contributed by atoms with E-state index in [9.17, 15) is 9.59 Å². The van der Waals surface area contributed by atoms with E-state index >= 15 is 0 Å². The Hall–Kier alpha value is -2.69. The van der Waals surface area contributed by atoms with Gasteiger partial charge >= 0.3 is 5.97 Å². The minimum atomic E-state index is -2.63. The number of amides is 1. The van der Waals surface area contributed by atoms with E-state index < -0.39 is 31.0 Å². The molecule has 2 atom stereocenters. The summed E-state index contributed by atoms with van der Waals surface area (Å²) < 4.78 is 28.2. The number of likely N-dealkylation sites (N-methyl/N-ethyl adjacent to an activating group) is 1. The lowest BCUT2D eigenvalue weighted by Gasteiger charge is -2.18. The molecule has 1 aliphatic heterocycles. The normalized spacial score (nSPS) is 23.5. The molecule has 1 aromatic carbocycles. The highest BCUT2D eigenvalue weighted by atomic mass is 16.5. The summed E-state index contributed by atoms with van der Waals surface area (Å²) in [5.41, 5.74) is 0.894. The second-order valence-electron chi connectivity index (χ2n) is 5.01. The number of rotatable bonds is 3. The largest absolute Gasteiger partial charge is 0.449 e. The van der Waals surface area contributed by atoms with E-state index in [0.29, 0.717) is 11.1 Å². The second-order valence-corrected chi connectivity index (χ2v) is 5.01. The number of benzene rings is 1. The summed E-state index contributed by atoms with van der Waals surface area (Å²) in [5.74, 6) is -1.38. The van der Waals surface area contributed by atoms with Gasteiger partial charge in [-0.1, -0.05) is 24.3 Å². The van der Waals surface area contributed by atoms with Crippen LogP contribution in [0.1, 0.15) is 32.5 Å². The zero-order valence-corrected chi connectivity index (χ0v) is 11.7. The van der Waals surface area contributed by atoms with Crippen LogP contribution in [0.25, 0.3) is 0 Å². The number of carbonyl (C=O) groups excluding carboxylic acids is 2. The van der Waals surface area contributed by atoms with Crippen LogP contribution in [0, 0.1) is 0 Å². The Balaban J connectivity index is 1.85. The van der Waals surface area contributed by atoms with Gasteiger partial charge in [0.05, 0.1) is 11.6 Å². The average molecular weight is 299 g/mol. The number of ether oxygens (including phenoxy) is 1. The van der Waals surface area contributed by atoms with Crippen molar-refractivity contribution in [3.63, 3.8) is 0 Å². The van der Waals surface area contributed by atoms with Gasteiger partial charge in [0.2, 0.25) is 0 Å². The van der Waals surface area contributed by atoms with Crippen LogP contribution in [0.2, 0.25) is 0 Å². The Morgan fingerprint density at radius 1 is 1.32 bits per heavy atom. The highest BCUT2D eigenvalue weighted by Crippen LogP contribution is 2.32. The summed E-state index contributed by atoms with van der Waals surface area (Å²) in [6.45, 7) is -2.63. The number of pyridine rings is 1. The van der Waals surface area contributed by atoms with E-state index in [-0.39, 0.29) is 6.42 Å². The third-order valence-corrected chi connectivity index (χ3v) is 3.59. The van der Waals surface area contributed by atoms with Gasteiger partial charge in [-0.15, -0.1) is 0 Å². The van der Waals surface area contributed by atoms with Crippen molar-refractivity contribution in [2.24, 2.45) is 0 Å². The molecular weight excluding hydrogens is 280 g/mol. The Bertz CT molecular complexity index is 766. The van der Waals surface area contributed by atoms with Crippen LogP contribution in [0.5, 0.6) is 0 Å². The lowest BCUT2D eigenvalue weighted by molar-refractivity contribution is -0.134. The number of hydrogen-bond donors (Lipinski definition) is 0. The van der Waals surface area contributed by atoms with E-state index in [2.05, 4.69) is 4.98 Å². The minimum Gasteiger partial charge on any atom is -0.449 e. The van der Waals surface area contributed by atoms with Crippen molar-refractivity contribution >= 4 is 11.9 Å². The second kappa shape index (κ2) is 5.97. The van der Waals surface area contributed by atoms with E-state index in [1.165, 1.54) is 6.20 Å². The number of aromatic nitrogens is 1. The lowest BCUT2D eigenvalue weighted by atomic mass is 10.1. The van der Waals surface area contributed by atoms with Crippen molar-refractivity contribution in [2.45, 2.75) is 18.6 Å². The summed E-state index contributed by atoms with van der Waals surface area (Å²) >= 11 is 0. The number of esters is 1. The van der Waals surface area contributed by atoms with Gasteiger partial charge in [0.1, 0.15) is 0 Å². The Morgan fingerprint density at radius 2 is 2.14 bits per heavy atom. The molecule has 1 aliphatic rings. The quantitative estimate of drug-likeness (QED) is 0.815. The SMILES string of the molecule is [2H]C([2H])([2H])N1C(=O)[C@H](OC(=O)c2ccccc2)C[C@H]1c1cccnc1. The summed E-state index contributed by atoms with van der Waals surface area (Å²) in [7, 11) is 0. The lowest BCUT2D eigenvalue weighted by Crippen LogP contribution is -2.30. The predicted molar refractivity (Wildman–Crippen MR) is 80.0 cm³/mol. The molecule has 2 aromatic rings. The average Bonchev–Trinajstić information content (AvgIpc) is 2.93. The zero-order valence-electron chi connectivity index (χ0n) is 14.7. The maximum Gasteiger partial charge on any atom is 0.338 e. The molecule has 0 spiro atoms. The molecule has 2 heterocycles. The Labute approximate surface area is 132 Å². The van der Waals surface area contributed by atoms with Crippen LogP contribution < -0.4 is 0 Å². The topological polar surface area (TPSA) is 59.5 Å². The molecule has 5 nitrogen and oxygen atoms in total. The fourth-order valence-corrected chi connectivity index (χ4v) is 2.45. The number of carbonyl (C=O) groups is 2. The first-order valence-corrected chi connectivity index (χ1v) is 6.87. The Kier molecular flexibility index (Phi) is 2.97. The fourth-order valence-electron chi connectivity index (χ4n) is 2.45. The van der Waals surface area contributed by atoms with Crippen LogP contribution in [0.4, 0.5) is 0 Å².